The molecule has 0 unspecified atom stereocenters. The minimum atomic E-state index is -0.336. The Kier molecular flexibility index (Phi) is 6.53. The molecule has 3 rings (SSSR count). The predicted octanol–water partition coefficient (Wildman–Crippen LogP) is 5.26. The van der Waals surface area contributed by atoms with Crippen LogP contribution < -0.4 is 15.4 Å². The van der Waals surface area contributed by atoms with E-state index in [-0.39, 0.29) is 18.4 Å². The van der Waals surface area contributed by atoms with Crippen LogP contribution in [0.25, 0.3) is 0 Å². The highest BCUT2D eigenvalue weighted by Gasteiger charge is 2.10. The topological polar surface area (TPSA) is 67.4 Å². The smallest absolute Gasteiger partial charge is 0.262 e. The first kappa shape index (κ1) is 19.7. The van der Waals surface area contributed by atoms with Gasteiger partial charge in [0.1, 0.15) is 5.75 Å². The summed E-state index contributed by atoms with van der Waals surface area (Å²) in [7, 11) is 0. The molecule has 0 saturated carbocycles. The average Bonchev–Trinajstić information content (AvgIpc) is 2.70. The number of nitrogens with one attached hydrogen (secondary N) is 2. The third-order valence-electron chi connectivity index (χ3n) is 3.72. The van der Waals surface area contributed by atoms with E-state index in [0.717, 1.165) is 0 Å². The lowest BCUT2D eigenvalue weighted by atomic mass is 10.2. The van der Waals surface area contributed by atoms with Gasteiger partial charge in [-0.15, -0.1) is 0 Å². The summed E-state index contributed by atoms with van der Waals surface area (Å²) in [6, 6.07) is 20.3. The minimum Gasteiger partial charge on any atom is -0.484 e. The van der Waals surface area contributed by atoms with Crippen LogP contribution in [-0.2, 0) is 4.79 Å². The van der Waals surface area contributed by atoms with Crippen LogP contribution in [0.3, 0.4) is 0 Å². The number of hydrogen-bond donors (Lipinski definition) is 2. The van der Waals surface area contributed by atoms with Crippen molar-refractivity contribution in [2.75, 3.05) is 17.2 Å². The first-order chi connectivity index (χ1) is 13.5. The number of rotatable bonds is 6. The van der Waals surface area contributed by atoms with Gasteiger partial charge in [0, 0.05) is 16.3 Å². The Bertz CT molecular complexity index is 977. The lowest BCUT2D eigenvalue weighted by Crippen LogP contribution is -2.20. The van der Waals surface area contributed by atoms with E-state index >= 15 is 0 Å². The molecule has 0 fully saturated rings. The van der Waals surface area contributed by atoms with Gasteiger partial charge in [-0.25, -0.2) is 0 Å². The van der Waals surface area contributed by atoms with Crippen molar-refractivity contribution in [2.24, 2.45) is 0 Å². The third kappa shape index (κ3) is 5.49. The summed E-state index contributed by atoms with van der Waals surface area (Å²) in [5.74, 6) is -0.137. The molecule has 3 aromatic carbocycles. The van der Waals surface area contributed by atoms with Gasteiger partial charge in [-0.1, -0.05) is 41.4 Å². The number of ether oxygens (including phenoxy) is 1. The molecule has 0 aromatic heterocycles. The Morgan fingerprint density at radius 2 is 1.57 bits per heavy atom. The Balaban J connectivity index is 1.55. The summed E-state index contributed by atoms with van der Waals surface area (Å²) in [5.41, 5.74) is 1.54. The number of anilines is 2. The molecule has 0 bridgehead atoms. The number of para-hydroxylation sites is 1. The number of hydrogen-bond acceptors (Lipinski definition) is 3. The molecule has 0 heterocycles. The third-order valence-corrected chi connectivity index (χ3v) is 4.29. The van der Waals surface area contributed by atoms with Crippen molar-refractivity contribution in [3.63, 3.8) is 0 Å². The van der Waals surface area contributed by atoms with Crippen molar-refractivity contribution in [3.05, 3.63) is 88.4 Å². The van der Waals surface area contributed by atoms with Crippen LogP contribution in [0.2, 0.25) is 10.0 Å². The van der Waals surface area contributed by atoms with Gasteiger partial charge in [0.15, 0.2) is 6.61 Å². The van der Waals surface area contributed by atoms with E-state index in [9.17, 15) is 9.59 Å². The van der Waals surface area contributed by atoms with E-state index in [0.29, 0.717) is 32.7 Å². The van der Waals surface area contributed by atoms with Crippen molar-refractivity contribution in [3.8, 4) is 5.75 Å². The molecule has 0 aliphatic rings. The number of carbonyl (C=O) groups is 2. The normalized spacial score (nSPS) is 10.2. The highest BCUT2D eigenvalue weighted by Crippen LogP contribution is 2.26. The number of benzene rings is 3. The number of carbonyl (C=O) groups excluding carboxylic acids is 2. The highest BCUT2D eigenvalue weighted by atomic mass is 35.5. The van der Waals surface area contributed by atoms with Gasteiger partial charge < -0.3 is 15.4 Å². The molecule has 0 radical (unpaired) electrons. The molecular formula is C21H16Cl2N2O3. The lowest BCUT2D eigenvalue weighted by Gasteiger charge is -2.09. The maximum Gasteiger partial charge on any atom is 0.262 e. The summed E-state index contributed by atoms with van der Waals surface area (Å²) in [6.45, 7) is -0.140. The fraction of sp³-hybridized carbons (Fsp3) is 0.0476. The predicted molar refractivity (Wildman–Crippen MR) is 111 cm³/mol. The summed E-state index contributed by atoms with van der Waals surface area (Å²) < 4.78 is 5.45. The van der Waals surface area contributed by atoms with E-state index < -0.39 is 0 Å². The molecule has 0 atom stereocenters. The van der Waals surface area contributed by atoms with Crippen molar-refractivity contribution in [1.29, 1.82) is 0 Å². The van der Waals surface area contributed by atoms with Crippen LogP contribution in [0.1, 0.15) is 10.4 Å². The average molecular weight is 415 g/mol. The van der Waals surface area contributed by atoms with E-state index in [4.69, 9.17) is 27.9 Å². The Labute approximate surface area is 172 Å². The second kappa shape index (κ2) is 9.26. The summed E-state index contributed by atoms with van der Waals surface area (Å²) >= 11 is 12.0. The number of halogens is 2. The van der Waals surface area contributed by atoms with Crippen molar-refractivity contribution >= 4 is 46.4 Å². The zero-order chi connectivity index (χ0) is 19.9. The zero-order valence-corrected chi connectivity index (χ0v) is 16.1. The minimum absolute atomic E-state index is 0.140. The summed E-state index contributed by atoms with van der Waals surface area (Å²) in [5, 5.41) is 6.29. The molecule has 2 N–H and O–H groups in total. The quantitative estimate of drug-likeness (QED) is 0.577. The molecule has 0 saturated heterocycles. The fourth-order valence-corrected chi connectivity index (χ4v) is 2.69. The SMILES string of the molecule is O=C(COc1ccc(C(=O)Nc2cc(Cl)ccc2Cl)cc1)Nc1ccccc1. The molecule has 2 amide bonds. The molecule has 5 nitrogen and oxygen atoms in total. The molecular weight excluding hydrogens is 399 g/mol. The molecule has 0 spiro atoms. The van der Waals surface area contributed by atoms with E-state index in [1.165, 1.54) is 0 Å². The van der Waals surface area contributed by atoms with Gasteiger partial charge in [-0.2, -0.15) is 0 Å². The van der Waals surface area contributed by atoms with Crippen molar-refractivity contribution in [2.45, 2.75) is 0 Å². The summed E-state index contributed by atoms with van der Waals surface area (Å²) in [6.07, 6.45) is 0. The number of amides is 2. The van der Waals surface area contributed by atoms with Crippen LogP contribution >= 0.6 is 23.2 Å². The van der Waals surface area contributed by atoms with Gasteiger partial charge in [-0.3, -0.25) is 9.59 Å². The van der Waals surface area contributed by atoms with Crippen LogP contribution in [0.4, 0.5) is 11.4 Å². The van der Waals surface area contributed by atoms with E-state index in [1.54, 1.807) is 54.6 Å². The Hall–Kier alpha value is -3.02. The maximum atomic E-state index is 12.3. The van der Waals surface area contributed by atoms with Crippen molar-refractivity contribution < 1.29 is 14.3 Å². The standard InChI is InChI=1S/C21H16Cl2N2O3/c22-15-8-11-18(23)19(12-15)25-21(27)14-6-9-17(10-7-14)28-13-20(26)24-16-4-2-1-3-5-16/h1-12H,13H2,(H,24,26)(H,25,27). The molecule has 142 valence electrons. The van der Waals surface area contributed by atoms with Gasteiger partial charge in [0.05, 0.1) is 10.7 Å². The van der Waals surface area contributed by atoms with Gasteiger partial charge in [0.2, 0.25) is 0 Å². The lowest BCUT2D eigenvalue weighted by molar-refractivity contribution is -0.118. The Morgan fingerprint density at radius 1 is 0.857 bits per heavy atom. The van der Waals surface area contributed by atoms with Crippen molar-refractivity contribution in [1.82, 2.24) is 0 Å². The molecule has 0 aliphatic carbocycles. The second-order valence-corrected chi connectivity index (χ2v) is 6.65. The van der Waals surface area contributed by atoms with Gasteiger partial charge in [0.25, 0.3) is 11.8 Å². The molecule has 7 heteroatoms. The molecule has 3 aromatic rings. The van der Waals surface area contributed by atoms with E-state index in [1.807, 2.05) is 18.2 Å². The first-order valence-electron chi connectivity index (χ1n) is 8.35. The first-order valence-corrected chi connectivity index (χ1v) is 9.11. The van der Waals surface area contributed by atoms with Gasteiger partial charge >= 0.3 is 0 Å². The molecule has 0 aliphatic heterocycles. The monoisotopic (exact) mass is 414 g/mol. The summed E-state index contributed by atoms with van der Waals surface area (Å²) in [4.78, 5) is 24.2. The zero-order valence-electron chi connectivity index (χ0n) is 14.6. The van der Waals surface area contributed by atoms with Crippen LogP contribution in [0, 0.1) is 0 Å². The fourth-order valence-electron chi connectivity index (χ4n) is 2.36. The maximum absolute atomic E-state index is 12.3. The largest absolute Gasteiger partial charge is 0.484 e. The highest BCUT2D eigenvalue weighted by molar-refractivity contribution is 6.35. The Morgan fingerprint density at radius 3 is 2.29 bits per heavy atom. The van der Waals surface area contributed by atoms with Crippen LogP contribution in [0.5, 0.6) is 5.75 Å². The van der Waals surface area contributed by atoms with Crippen LogP contribution in [0.15, 0.2) is 72.8 Å². The molecule has 28 heavy (non-hydrogen) atoms. The van der Waals surface area contributed by atoms with E-state index in [2.05, 4.69) is 10.6 Å². The van der Waals surface area contributed by atoms with Gasteiger partial charge in [-0.05, 0) is 54.6 Å². The second-order valence-electron chi connectivity index (χ2n) is 5.81. The van der Waals surface area contributed by atoms with Crippen LogP contribution in [-0.4, -0.2) is 18.4 Å².